The van der Waals surface area contributed by atoms with Crippen molar-refractivity contribution in [2.75, 3.05) is 11.9 Å². The zero-order chi connectivity index (χ0) is 12.7. The van der Waals surface area contributed by atoms with Crippen LogP contribution in [-0.4, -0.2) is 21.7 Å². The van der Waals surface area contributed by atoms with Gasteiger partial charge in [0.15, 0.2) is 0 Å². The van der Waals surface area contributed by atoms with Crippen molar-refractivity contribution in [2.45, 2.75) is 39.2 Å². The number of aryl methyl sites for hydroxylation is 2. The molecular formula is C12H21BrClN3. The number of hydrogen-bond donors (Lipinski definition) is 1. The average molecular weight is 323 g/mol. The van der Waals surface area contributed by atoms with Crippen LogP contribution in [0.15, 0.2) is 0 Å². The summed E-state index contributed by atoms with van der Waals surface area (Å²) in [6, 6.07) is 0. The lowest BCUT2D eigenvalue weighted by Gasteiger charge is -2.04. The van der Waals surface area contributed by atoms with E-state index in [4.69, 9.17) is 11.6 Å². The minimum absolute atomic E-state index is 0.745. The molecule has 1 N–H and O–H groups in total. The lowest BCUT2D eigenvalue weighted by molar-refractivity contribution is 0.599. The summed E-state index contributed by atoms with van der Waals surface area (Å²) < 4.78 is 1.73. The molecule has 0 amide bonds. The Bertz CT molecular complexity index is 339. The Morgan fingerprint density at radius 1 is 1.29 bits per heavy atom. The quantitative estimate of drug-likeness (QED) is 0.587. The van der Waals surface area contributed by atoms with Gasteiger partial charge in [-0.05, 0) is 26.3 Å². The molecule has 0 fully saturated rings. The summed E-state index contributed by atoms with van der Waals surface area (Å²) in [6.45, 7) is 3.86. The molecule has 5 heteroatoms. The maximum atomic E-state index is 6.15. The molecule has 17 heavy (non-hydrogen) atoms. The first-order chi connectivity index (χ1) is 8.16. The van der Waals surface area contributed by atoms with Gasteiger partial charge in [0.1, 0.15) is 5.15 Å². The van der Waals surface area contributed by atoms with Crippen LogP contribution in [0.3, 0.4) is 0 Å². The van der Waals surface area contributed by atoms with Crippen LogP contribution in [0.1, 0.15) is 36.9 Å². The molecule has 0 radical (unpaired) electrons. The van der Waals surface area contributed by atoms with Crippen LogP contribution >= 0.6 is 27.5 Å². The van der Waals surface area contributed by atoms with Gasteiger partial charge in [-0.15, -0.1) is 0 Å². The van der Waals surface area contributed by atoms with E-state index in [0.29, 0.717) is 0 Å². The maximum absolute atomic E-state index is 6.15. The highest BCUT2D eigenvalue weighted by molar-refractivity contribution is 9.09. The van der Waals surface area contributed by atoms with Gasteiger partial charge in [0, 0.05) is 24.5 Å². The Morgan fingerprint density at radius 2 is 2.00 bits per heavy atom. The maximum Gasteiger partial charge on any atom is 0.131 e. The first-order valence-electron chi connectivity index (χ1n) is 6.11. The summed E-state index contributed by atoms with van der Waals surface area (Å²) in [7, 11) is 1.87. The highest BCUT2D eigenvalue weighted by atomic mass is 79.9. The van der Waals surface area contributed by atoms with Gasteiger partial charge in [-0.1, -0.05) is 40.4 Å². The fraction of sp³-hybridized carbons (Fsp3) is 0.750. The van der Waals surface area contributed by atoms with E-state index in [1.807, 2.05) is 14.0 Å². The van der Waals surface area contributed by atoms with Crippen molar-refractivity contribution in [3.05, 3.63) is 16.4 Å². The number of rotatable bonds is 8. The van der Waals surface area contributed by atoms with E-state index in [2.05, 4.69) is 26.3 Å². The van der Waals surface area contributed by atoms with Crippen LogP contribution in [0.2, 0.25) is 5.15 Å². The van der Waals surface area contributed by atoms with Gasteiger partial charge in [0.05, 0.1) is 5.69 Å². The molecule has 3 nitrogen and oxygen atoms in total. The molecule has 0 bridgehead atoms. The SMILES string of the molecule is Cc1nn(C)c(Cl)c1CNCCCCCCBr. The Morgan fingerprint density at radius 3 is 2.59 bits per heavy atom. The third-order valence-electron chi connectivity index (χ3n) is 2.81. The molecule has 1 rings (SSSR count). The van der Waals surface area contributed by atoms with E-state index in [-0.39, 0.29) is 0 Å². The van der Waals surface area contributed by atoms with Crippen LogP contribution < -0.4 is 5.32 Å². The van der Waals surface area contributed by atoms with Gasteiger partial charge in [-0.2, -0.15) is 5.10 Å². The Labute approximate surface area is 117 Å². The topological polar surface area (TPSA) is 29.9 Å². The smallest absolute Gasteiger partial charge is 0.131 e. The van der Waals surface area contributed by atoms with Crippen LogP contribution in [0.4, 0.5) is 0 Å². The minimum atomic E-state index is 0.745. The standard InChI is InChI=1S/C12H21BrClN3/c1-10-11(12(14)17(2)16-10)9-15-8-6-4-3-5-7-13/h15H,3-9H2,1-2H3. The second-order valence-corrected chi connectivity index (χ2v) is 5.41. The van der Waals surface area contributed by atoms with Crippen LogP contribution in [-0.2, 0) is 13.6 Å². The fourth-order valence-corrected chi connectivity index (χ4v) is 2.42. The summed E-state index contributed by atoms with van der Waals surface area (Å²) in [4.78, 5) is 0. The number of unbranched alkanes of at least 4 members (excludes halogenated alkanes) is 3. The molecule has 0 aliphatic rings. The molecule has 1 heterocycles. The van der Waals surface area contributed by atoms with Crippen LogP contribution in [0.5, 0.6) is 0 Å². The third-order valence-corrected chi connectivity index (χ3v) is 3.84. The van der Waals surface area contributed by atoms with E-state index in [1.54, 1.807) is 4.68 Å². The van der Waals surface area contributed by atoms with Gasteiger partial charge in [0.2, 0.25) is 0 Å². The summed E-state index contributed by atoms with van der Waals surface area (Å²) in [6.07, 6.45) is 5.09. The van der Waals surface area contributed by atoms with Crippen LogP contribution in [0.25, 0.3) is 0 Å². The molecule has 0 aliphatic heterocycles. The lowest BCUT2D eigenvalue weighted by atomic mass is 10.2. The van der Waals surface area contributed by atoms with Crippen molar-refractivity contribution in [3.8, 4) is 0 Å². The number of alkyl halides is 1. The van der Waals surface area contributed by atoms with Crippen molar-refractivity contribution < 1.29 is 0 Å². The van der Waals surface area contributed by atoms with E-state index in [9.17, 15) is 0 Å². The van der Waals surface area contributed by atoms with Crippen molar-refractivity contribution in [1.29, 1.82) is 0 Å². The number of nitrogens with one attached hydrogen (secondary N) is 1. The molecule has 0 atom stereocenters. The Hall–Kier alpha value is -0.0600. The molecule has 0 spiro atoms. The molecule has 98 valence electrons. The fourth-order valence-electron chi connectivity index (χ4n) is 1.79. The number of halogens is 2. The molecular weight excluding hydrogens is 302 g/mol. The van der Waals surface area contributed by atoms with Gasteiger partial charge < -0.3 is 5.32 Å². The number of hydrogen-bond acceptors (Lipinski definition) is 2. The predicted molar refractivity (Wildman–Crippen MR) is 76.9 cm³/mol. The van der Waals surface area contributed by atoms with Crippen molar-refractivity contribution in [1.82, 2.24) is 15.1 Å². The van der Waals surface area contributed by atoms with Crippen molar-refractivity contribution >= 4 is 27.5 Å². The van der Waals surface area contributed by atoms with E-state index in [0.717, 1.165) is 34.8 Å². The van der Waals surface area contributed by atoms with Gasteiger partial charge >= 0.3 is 0 Å². The first-order valence-corrected chi connectivity index (χ1v) is 7.61. The zero-order valence-corrected chi connectivity index (χ0v) is 12.9. The molecule has 0 aliphatic carbocycles. The van der Waals surface area contributed by atoms with Gasteiger partial charge in [0.25, 0.3) is 0 Å². The normalized spacial score (nSPS) is 11.1. The van der Waals surface area contributed by atoms with E-state index < -0.39 is 0 Å². The summed E-state index contributed by atoms with van der Waals surface area (Å²) >= 11 is 9.59. The molecule has 0 saturated heterocycles. The highest BCUT2D eigenvalue weighted by Gasteiger charge is 2.09. The predicted octanol–water partition coefficient (Wildman–Crippen LogP) is 3.43. The second-order valence-electron chi connectivity index (χ2n) is 4.26. The van der Waals surface area contributed by atoms with Crippen molar-refractivity contribution in [2.24, 2.45) is 7.05 Å². The zero-order valence-electron chi connectivity index (χ0n) is 10.6. The minimum Gasteiger partial charge on any atom is -0.312 e. The Balaban J connectivity index is 2.18. The average Bonchev–Trinajstić information content (AvgIpc) is 2.54. The van der Waals surface area contributed by atoms with Gasteiger partial charge in [-0.3, -0.25) is 4.68 Å². The molecule has 0 aromatic carbocycles. The Kier molecular flexibility index (Phi) is 7.16. The summed E-state index contributed by atoms with van der Waals surface area (Å²) in [5.41, 5.74) is 2.14. The number of aromatic nitrogens is 2. The molecule has 1 aromatic rings. The second kappa shape index (κ2) is 8.11. The molecule has 0 saturated carbocycles. The highest BCUT2D eigenvalue weighted by Crippen LogP contribution is 2.17. The molecule has 1 aromatic heterocycles. The molecule has 0 unspecified atom stereocenters. The van der Waals surface area contributed by atoms with Crippen LogP contribution in [0, 0.1) is 6.92 Å². The van der Waals surface area contributed by atoms with Crippen molar-refractivity contribution in [3.63, 3.8) is 0 Å². The third kappa shape index (κ3) is 4.98. The van der Waals surface area contributed by atoms with Gasteiger partial charge in [-0.25, -0.2) is 0 Å². The van der Waals surface area contributed by atoms with E-state index in [1.165, 1.54) is 25.7 Å². The summed E-state index contributed by atoms with van der Waals surface area (Å²) in [5, 5.41) is 9.57. The summed E-state index contributed by atoms with van der Waals surface area (Å²) in [5.74, 6) is 0. The lowest BCUT2D eigenvalue weighted by Crippen LogP contribution is -2.15. The largest absolute Gasteiger partial charge is 0.312 e. The number of nitrogens with zero attached hydrogens (tertiary/aromatic N) is 2. The van der Waals surface area contributed by atoms with E-state index >= 15 is 0 Å². The monoisotopic (exact) mass is 321 g/mol. The first kappa shape index (κ1) is 15.0.